The Morgan fingerprint density at radius 1 is 1.35 bits per heavy atom. The molecule has 4 nitrogen and oxygen atoms in total. The fourth-order valence-electron chi connectivity index (χ4n) is 2.63. The van der Waals surface area contributed by atoms with Gasteiger partial charge >= 0.3 is 5.97 Å². The normalized spacial score (nSPS) is 32.3. The Hall–Kier alpha value is -1.91. The Labute approximate surface area is 117 Å². The molecule has 1 aliphatic carbocycles. The lowest BCUT2D eigenvalue weighted by molar-refractivity contribution is -0.152. The summed E-state index contributed by atoms with van der Waals surface area (Å²) in [7, 11) is 0. The van der Waals surface area contributed by atoms with Crippen LogP contribution in [0.15, 0.2) is 54.1 Å². The number of hydrogen-bond acceptors (Lipinski definition) is 4. The van der Waals surface area contributed by atoms with Crippen LogP contribution in [0, 0.1) is 0 Å². The molecule has 2 aliphatic rings. The topological polar surface area (TPSA) is 66.8 Å². The van der Waals surface area contributed by atoms with Gasteiger partial charge in [-0.3, -0.25) is 0 Å². The summed E-state index contributed by atoms with van der Waals surface area (Å²) in [6, 6.07) is 9.91. The average Bonchev–Trinajstić information content (AvgIpc) is 2.69. The maximum absolute atomic E-state index is 11.5. The Bertz CT molecular complexity index is 575. The van der Waals surface area contributed by atoms with Crippen LogP contribution in [0.2, 0.25) is 0 Å². The van der Waals surface area contributed by atoms with Crippen LogP contribution >= 0.6 is 0 Å². The first-order chi connectivity index (χ1) is 9.58. The summed E-state index contributed by atoms with van der Waals surface area (Å²) in [4.78, 5) is 11.5. The summed E-state index contributed by atoms with van der Waals surface area (Å²) in [5.74, 6) is -0.673. The Balaban J connectivity index is 1.75. The second-order valence-electron chi connectivity index (χ2n) is 5.25. The number of esters is 1. The number of fused-ring (bicyclic) bond motifs is 2. The fourth-order valence-corrected chi connectivity index (χ4v) is 2.63. The van der Waals surface area contributed by atoms with Gasteiger partial charge in [0.15, 0.2) is 5.60 Å². The standard InChI is InChI=1S/C16H16O4/c17-14-12(8-4-7-11-5-2-1-3-6-11)9-16(19)10-13(14)20-15(16)18/h1-6,8-9,13-14,17,19H,7,10H2. The minimum absolute atomic E-state index is 0.128. The molecular formula is C16H16O4. The summed E-state index contributed by atoms with van der Waals surface area (Å²) >= 11 is 0. The molecule has 0 amide bonds. The van der Waals surface area contributed by atoms with Crippen LogP contribution in [0.1, 0.15) is 12.0 Å². The number of hydrogen-bond donors (Lipinski definition) is 2. The second kappa shape index (κ2) is 4.89. The van der Waals surface area contributed by atoms with Crippen LogP contribution in [0.5, 0.6) is 0 Å². The van der Waals surface area contributed by atoms with E-state index in [0.29, 0.717) is 5.57 Å². The van der Waals surface area contributed by atoms with Crippen molar-refractivity contribution in [3.05, 3.63) is 59.7 Å². The maximum atomic E-state index is 11.5. The lowest BCUT2D eigenvalue weighted by Gasteiger charge is -2.24. The lowest BCUT2D eigenvalue weighted by atomic mass is 9.85. The summed E-state index contributed by atoms with van der Waals surface area (Å²) in [5, 5.41) is 20.2. The van der Waals surface area contributed by atoms with Gasteiger partial charge in [0.1, 0.15) is 12.2 Å². The largest absolute Gasteiger partial charge is 0.457 e. The van der Waals surface area contributed by atoms with Crippen molar-refractivity contribution in [2.45, 2.75) is 30.7 Å². The first-order valence-corrected chi connectivity index (χ1v) is 6.63. The van der Waals surface area contributed by atoms with E-state index in [1.54, 1.807) is 6.08 Å². The van der Waals surface area contributed by atoms with Crippen LogP contribution in [0.4, 0.5) is 0 Å². The number of carbonyl (C=O) groups is 1. The van der Waals surface area contributed by atoms with Crippen LogP contribution in [0.3, 0.4) is 0 Å². The number of ether oxygens (including phenoxy) is 1. The van der Waals surface area contributed by atoms with Crippen LogP contribution in [-0.2, 0) is 16.0 Å². The second-order valence-corrected chi connectivity index (χ2v) is 5.25. The summed E-state index contributed by atoms with van der Waals surface area (Å²) in [5.41, 5.74) is 0.116. The number of aliphatic hydroxyl groups is 2. The predicted octanol–water partition coefficient (Wildman–Crippen LogP) is 1.13. The first kappa shape index (κ1) is 13.1. The third-order valence-corrected chi connectivity index (χ3v) is 3.73. The zero-order chi connectivity index (χ0) is 14.2. The van der Waals surface area contributed by atoms with E-state index in [1.165, 1.54) is 6.08 Å². The molecule has 3 rings (SSSR count). The number of rotatable bonds is 3. The van der Waals surface area contributed by atoms with Crippen molar-refractivity contribution in [2.75, 3.05) is 0 Å². The van der Waals surface area contributed by atoms with Gasteiger partial charge in [-0.05, 0) is 23.6 Å². The van der Waals surface area contributed by atoms with E-state index < -0.39 is 23.8 Å². The third kappa shape index (κ3) is 2.28. The Kier molecular flexibility index (Phi) is 3.20. The first-order valence-electron chi connectivity index (χ1n) is 6.63. The SMILES string of the molecule is O=C1OC2CC1(O)C=C(C=CCc1ccccc1)C2O. The van der Waals surface area contributed by atoms with Gasteiger partial charge in [0.25, 0.3) is 0 Å². The highest BCUT2D eigenvalue weighted by Crippen LogP contribution is 2.37. The van der Waals surface area contributed by atoms with Gasteiger partial charge in [-0.15, -0.1) is 0 Å². The monoisotopic (exact) mass is 272 g/mol. The maximum Gasteiger partial charge on any atom is 0.342 e. The molecule has 1 saturated heterocycles. The van der Waals surface area contributed by atoms with E-state index in [0.717, 1.165) is 12.0 Å². The van der Waals surface area contributed by atoms with Crippen molar-refractivity contribution in [1.29, 1.82) is 0 Å². The molecule has 0 aromatic heterocycles. The highest BCUT2D eigenvalue weighted by atomic mass is 16.6. The number of carbonyl (C=O) groups excluding carboxylic acids is 1. The molecule has 2 N–H and O–H groups in total. The molecule has 1 aromatic carbocycles. The molecule has 3 unspecified atom stereocenters. The van der Waals surface area contributed by atoms with Crippen LogP contribution < -0.4 is 0 Å². The van der Waals surface area contributed by atoms with Gasteiger partial charge < -0.3 is 14.9 Å². The Morgan fingerprint density at radius 2 is 2.10 bits per heavy atom. The van der Waals surface area contributed by atoms with Crippen molar-refractivity contribution >= 4 is 5.97 Å². The molecule has 1 heterocycles. The number of benzene rings is 1. The van der Waals surface area contributed by atoms with Crippen molar-refractivity contribution in [2.24, 2.45) is 0 Å². The van der Waals surface area contributed by atoms with Gasteiger partial charge in [0, 0.05) is 6.42 Å². The highest BCUT2D eigenvalue weighted by Gasteiger charge is 2.52. The molecule has 0 saturated carbocycles. The molecule has 4 heteroatoms. The molecule has 1 aliphatic heterocycles. The van der Waals surface area contributed by atoms with Crippen LogP contribution in [0.25, 0.3) is 0 Å². The van der Waals surface area contributed by atoms with Crippen molar-refractivity contribution in [1.82, 2.24) is 0 Å². The van der Waals surface area contributed by atoms with Gasteiger partial charge in [-0.25, -0.2) is 4.79 Å². The zero-order valence-corrected chi connectivity index (χ0v) is 10.9. The summed E-state index contributed by atoms with van der Waals surface area (Å²) < 4.78 is 4.97. The molecule has 104 valence electrons. The molecule has 1 aromatic rings. The van der Waals surface area contributed by atoms with E-state index in [1.807, 2.05) is 36.4 Å². The zero-order valence-electron chi connectivity index (χ0n) is 10.9. The molecular weight excluding hydrogens is 256 g/mol. The van der Waals surface area contributed by atoms with E-state index in [9.17, 15) is 15.0 Å². The van der Waals surface area contributed by atoms with E-state index in [4.69, 9.17) is 4.74 Å². The van der Waals surface area contributed by atoms with Gasteiger partial charge in [-0.2, -0.15) is 0 Å². The minimum atomic E-state index is -1.57. The van der Waals surface area contributed by atoms with Crippen molar-refractivity contribution < 1.29 is 19.7 Å². The van der Waals surface area contributed by atoms with E-state index in [2.05, 4.69) is 0 Å². The Morgan fingerprint density at radius 3 is 2.85 bits per heavy atom. The third-order valence-electron chi connectivity index (χ3n) is 3.73. The summed E-state index contributed by atoms with van der Waals surface area (Å²) in [6.45, 7) is 0. The number of aliphatic hydroxyl groups excluding tert-OH is 1. The lowest BCUT2D eigenvalue weighted by Crippen LogP contribution is -2.37. The smallest absolute Gasteiger partial charge is 0.342 e. The molecule has 0 radical (unpaired) electrons. The molecule has 20 heavy (non-hydrogen) atoms. The quantitative estimate of drug-likeness (QED) is 0.810. The fraction of sp³-hybridized carbons (Fsp3) is 0.312. The van der Waals surface area contributed by atoms with Gasteiger partial charge in [0.2, 0.25) is 0 Å². The van der Waals surface area contributed by atoms with Crippen LogP contribution in [-0.4, -0.2) is 34.0 Å². The van der Waals surface area contributed by atoms with Gasteiger partial charge in [-0.1, -0.05) is 42.5 Å². The molecule has 2 bridgehead atoms. The predicted molar refractivity (Wildman–Crippen MR) is 72.8 cm³/mol. The van der Waals surface area contributed by atoms with Crippen molar-refractivity contribution in [3.8, 4) is 0 Å². The highest BCUT2D eigenvalue weighted by molar-refractivity contribution is 5.85. The van der Waals surface area contributed by atoms with Gasteiger partial charge in [0.05, 0.1) is 0 Å². The molecule has 3 atom stereocenters. The number of allylic oxidation sites excluding steroid dienone is 1. The van der Waals surface area contributed by atoms with E-state index in [-0.39, 0.29) is 6.42 Å². The molecule has 1 fully saturated rings. The summed E-state index contributed by atoms with van der Waals surface area (Å²) in [6.07, 6.45) is 4.40. The van der Waals surface area contributed by atoms with Crippen molar-refractivity contribution in [3.63, 3.8) is 0 Å². The minimum Gasteiger partial charge on any atom is -0.457 e. The average molecular weight is 272 g/mol. The van der Waals surface area contributed by atoms with E-state index >= 15 is 0 Å². The molecule has 0 spiro atoms.